The summed E-state index contributed by atoms with van der Waals surface area (Å²) in [5, 5.41) is 14.1. The zero-order valence-corrected chi connectivity index (χ0v) is 12.8. The minimum atomic E-state index is 0.251. The minimum absolute atomic E-state index is 0.251. The lowest BCUT2D eigenvalue weighted by molar-refractivity contribution is 0.242. The molecule has 4 heteroatoms. The maximum atomic E-state index is 9.09. The largest absolute Gasteiger partial charge is 0.396 e. The van der Waals surface area contributed by atoms with Gasteiger partial charge in [-0.2, -0.15) is 0 Å². The van der Waals surface area contributed by atoms with Crippen LogP contribution in [0.25, 0.3) is 0 Å². The zero-order valence-electron chi connectivity index (χ0n) is 11.3. The van der Waals surface area contributed by atoms with E-state index in [1.54, 1.807) is 6.07 Å². The molecule has 106 valence electrons. The molecule has 2 nitrogen and oxygen atoms in total. The summed E-state index contributed by atoms with van der Waals surface area (Å²) in [6.45, 7) is 3.37. The topological polar surface area (TPSA) is 32.3 Å². The van der Waals surface area contributed by atoms with Gasteiger partial charge in [-0.25, -0.2) is 0 Å². The summed E-state index contributed by atoms with van der Waals surface area (Å²) in [7, 11) is 0. The second-order valence-electron chi connectivity index (χ2n) is 5.48. The Kier molecular flexibility index (Phi) is 5.13. The SMILES string of the molecule is CCC(NCC1(CCO)CC1)c1ccc(Cl)cc1Cl. The van der Waals surface area contributed by atoms with E-state index in [0.717, 1.165) is 30.0 Å². The first-order valence-electron chi connectivity index (χ1n) is 6.89. The molecule has 2 rings (SSSR count). The van der Waals surface area contributed by atoms with Crippen molar-refractivity contribution in [2.24, 2.45) is 5.41 Å². The van der Waals surface area contributed by atoms with Crippen LogP contribution in [0, 0.1) is 5.41 Å². The molecule has 0 spiro atoms. The van der Waals surface area contributed by atoms with E-state index in [2.05, 4.69) is 12.2 Å². The molecule has 1 fully saturated rings. The molecule has 1 aliphatic rings. The highest BCUT2D eigenvalue weighted by Crippen LogP contribution is 2.48. The van der Waals surface area contributed by atoms with Crippen molar-refractivity contribution in [3.63, 3.8) is 0 Å². The fourth-order valence-corrected chi connectivity index (χ4v) is 3.07. The Morgan fingerprint density at radius 3 is 2.63 bits per heavy atom. The molecule has 1 aromatic rings. The van der Waals surface area contributed by atoms with Crippen LogP contribution in [0.2, 0.25) is 10.0 Å². The van der Waals surface area contributed by atoms with Crippen LogP contribution < -0.4 is 5.32 Å². The Balaban J connectivity index is 2.00. The van der Waals surface area contributed by atoms with Gasteiger partial charge in [-0.3, -0.25) is 0 Å². The van der Waals surface area contributed by atoms with Gasteiger partial charge in [0.1, 0.15) is 0 Å². The highest BCUT2D eigenvalue weighted by molar-refractivity contribution is 6.35. The molecule has 0 radical (unpaired) electrons. The van der Waals surface area contributed by atoms with E-state index >= 15 is 0 Å². The Labute approximate surface area is 125 Å². The predicted octanol–water partition coefficient (Wildman–Crippen LogP) is 4.20. The standard InChI is InChI=1S/C15H21Cl2NO/c1-2-14(12-4-3-11(16)9-13(12)17)18-10-15(5-6-15)7-8-19/h3-4,9,14,18-19H,2,5-8,10H2,1H3. The lowest BCUT2D eigenvalue weighted by atomic mass is 10.00. The highest BCUT2D eigenvalue weighted by atomic mass is 35.5. The monoisotopic (exact) mass is 301 g/mol. The Hall–Kier alpha value is -0.280. The van der Waals surface area contributed by atoms with Gasteiger partial charge in [-0.05, 0) is 48.8 Å². The number of aliphatic hydroxyl groups excluding tert-OH is 1. The van der Waals surface area contributed by atoms with Crippen LogP contribution in [-0.4, -0.2) is 18.3 Å². The van der Waals surface area contributed by atoms with Crippen molar-refractivity contribution >= 4 is 23.2 Å². The fourth-order valence-electron chi connectivity index (χ4n) is 2.53. The average Bonchev–Trinajstić information content (AvgIpc) is 3.13. The number of benzene rings is 1. The normalized spacial score (nSPS) is 18.3. The molecule has 19 heavy (non-hydrogen) atoms. The number of rotatable bonds is 7. The summed E-state index contributed by atoms with van der Waals surface area (Å²) >= 11 is 12.2. The first-order valence-corrected chi connectivity index (χ1v) is 7.65. The van der Waals surface area contributed by atoms with Crippen molar-refractivity contribution in [1.29, 1.82) is 0 Å². The minimum Gasteiger partial charge on any atom is -0.396 e. The molecule has 1 aromatic carbocycles. The van der Waals surface area contributed by atoms with Crippen LogP contribution in [-0.2, 0) is 0 Å². The summed E-state index contributed by atoms with van der Waals surface area (Å²) < 4.78 is 0. The van der Waals surface area contributed by atoms with Crippen molar-refractivity contribution in [3.05, 3.63) is 33.8 Å². The zero-order chi connectivity index (χ0) is 13.9. The molecule has 0 saturated heterocycles. The first-order chi connectivity index (χ1) is 9.10. The molecular weight excluding hydrogens is 281 g/mol. The maximum absolute atomic E-state index is 9.09. The van der Waals surface area contributed by atoms with E-state index in [4.69, 9.17) is 28.3 Å². The van der Waals surface area contributed by atoms with E-state index in [1.807, 2.05) is 12.1 Å². The van der Waals surface area contributed by atoms with Crippen LogP contribution in [0.3, 0.4) is 0 Å². The number of halogens is 2. The van der Waals surface area contributed by atoms with Gasteiger partial charge in [-0.15, -0.1) is 0 Å². The molecular formula is C15H21Cl2NO. The molecule has 1 atom stereocenters. The van der Waals surface area contributed by atoms with Crippen LogP contribution >= 0.6 is 23.2 Å². The van der Waals surface area contributed by atoms with Crippen LogP contribution in [0.1, 0.15) is 44.2 Å². The van der Waals surface area contributed by atoms with Crippen LogP contribution in [0.15, 0.2) is 18.2 Å². The third-order valence-electron chi connectivity index (χ3n) is 4.07. The van der Waals surface area contributed by atoms with Gasteiger partial charge in [0.15, 0.2) is 0 Å². The predicted molar refractivity (Wildman–Crippen MR) is 80.9 cm³/mol. The molecule has 0 heterocycles. The van der Waals surface area contributed by atoms with Crippen LogP contribution in [0.5, 0.6) is 0 Å². The molecule has 2 N–H and O–H groups in total. The van der Waals surface area contributed by atoms with Crippen molar-refractivity contribution in [3.8, 4) is 0 Å². The third-order valence-corrected chi connectivity index (χ3v) is 4.63. The second-order valence-corrected chi connectivity index (χ2v) is 6.32. The number of aliphatic hydroxyl groups is 1. The second kappa shape index (κ2) is 6.45. The summed E-state index contributed by atoms with van der Waals surface area (Å²) in [4.78, 5) is 0. The summed E-state index contributed by atoms with van der Waals surface area (Å²) in [6, 6.07) is 5.93. The average molecular weight is 302 g/mol. The fraction of sp³-hybridized carbons (Fsp3) is 0.600. The molecule has 1 saturated carbocycles. The lowest BCUT2D eigenvalue weighted by Gasteiger charge is -2.22. The van der Waals surface area contributed by atoms with Gasteiger partial charge in [-0.1, -0.05) is 36.2 Å². The lowest BCUT2D eigenvalue weighted by Crippen LogP contribution is -2.28. The van der Waals surface area contributed by atoms with Gasteiger partial charge in [0.25, 0.3) is 0 Å². The molecule has 1 unspecified atom stereocenters. The van der Waals surface area contributed by atoms with E-state index in [1.165, 1.54) is 12.8 Å². The Bertz CT molecular complexity index is 432. The summed E-state index contributed by atoms with van der Waals surface area (Å²) in [5.41, 5.74) is 1.43. The smallest absolute Gasteiger partial charge is 0.0468 e. The van der Waals surface area contributed by atoms with Gasteiger partial charge in [0, 0.05) is 29.2 Å². The van der Waals surface area contributed by atoms with Gasteiger partial charge >= 0.3 is 0 Å². The van der Waals surface area contributed by atoms with E-state index < -0.39 is 0 Å². The number of hydrogen-bond acceptors (Lipinski definition) is 2. The van der Waals surface area contributed by atoms with Crippen molar-refractivity contribution < 1.29 is 5.11 Å². The van der Waals surface area contributed by atoms with Gasteiger partial charge in [0.05, 0.1) is 0 Å². The third kappa shape index (κ3) is 3.85. The first kappa shape index (κ1) is 15.1. The quantitative estimate of drug-likeness (QED) is 0.791. The van der Waals surface area contributed by atoms with Crippen molar-refractivity contribution in [1.82, 2.24) is 5.32 Å². The Morgan fingerprint density at radius 1 is 1.37 bits per heavy atom. The van der Waals surface area contributed by atoms with Gasteiger partial charge < -0.3 is 10.4 Å². The van der Waals surface area contributed by atoms with E-state index in [9.17, 15) is 0 Å². The summed E-state index contributed by atoms with van der Waals surface area (Å²) in [5.74, 6) is 0. The van der Waals surface area contributed by atoms with Crippen molar-refractivity contribution in [2.75, 3.05) is 13.2 Å². The molecule has 0 aliphatic heterocycles. The molecule has 0 aromatic heterocycles. The number of hydrogen-bond donors (Lipinski definition) is 2. The highest BCUT2D eigenvalue weighted by Gasteiger charge is 2.41. The maximum Gasteiger partial charge on any atom is 0.0468 e. The molecule has 1 aliphatic carbocycles. The van der Waals surface area contributed by atoms with Crippen LogP contribution in [0.4, 0.5) is 0 Å². The van der Waals surface area contributed by atoms with Gasteiger partial charge in [0.2, 0.25) is 0 Å². The molecule has 0 amide bonds. The number of nitrogens with one attached hydrogen (secondary N) is 1. The Morgan fingerprint density at radius 2 is 2.11 bits per heavy atom. The van der Waals surface area contributed by atoms with E-state index in [-0.39, 0.29) is 12.6 Å². The van der Waals surface area contributed by atoms with Crippen molar-refractivity contribution in [2.45, 2.75) is 38.6 Å². The van der Waals surface area contributed by atoms with E-state index in [0.29, 0.717) is 10.4 Å². The summed E-state index contributed by atoms with van der Waals surface area (Å²) in [6.07, 6.45) is 4.30. The molecule has 0 bridgehead atoms.